The first-order valence-corrected chi connectivity index (χ1v) is 10.4. The summed E-state index contributed by atoms with van der Waals surface area (Å²) in [6.45, 7) is 0. The molecule has 8 heteroatoms. The molecule has 1 aliphatic rings. The van der Waals surface area contributed by atoms with Gasteiger partial charge in [-0.1, -0.05) is 30.3 Å². The van der Waals surface area contributed by atoms with Crippen LogP contribution in [0.4, 0.5) is 14.5 Å². The maximum atomic E-state index is 13.5. The van der Waals surface area contributed by atoms with Crippen LogP contribution in [0, 0.1) is 11.6 Å². The van der Waals surface area contributed by atoms with Gasteiger partial charge in [0.15, 0.2) is 5.76 Å². The van der Waals surface area contributed by atoms with Gasteiger partial charge >= 0.3 is 0 Å². The Morgan fingerprint density at radius 2 is 1.33 bits per heavy atom. The highest BCUT2D eigenvalue weighted by Gasteiger charge is 2.47. The molecule has 5 nitrogen and oxygen atoms in total. The average molecular weight is 427 g/mol. The van der Waals surface area contributed by atoms with Crippen molar-refractivity contribution in [3.63, 3.8) is 0 Å². The molecule has 1 aliphatic heterocycles. The number of sulfone groups is 1. The Hall–Kier alpha value is -3.52. The Bertz CT molecular complexity index is 1240. The molecule has 0 aromatic heterocycles. The summed E-state index contributed by atoms with van der Waals surface area (Å²) < 4.78 is 53.6. The number of aliphatic hydroxyl groups excluding tert-OH is 1. The first kappa shape index (κ1) is 19.8. The Balaban J connectivity index is 1.94. The van der Waals surface area contributed by atoms with E-state index in [1.807, 2.05) is 0 Å². The average Bonchev–Trinajstić information content (AvgIpc) is 3.01. The van der Waals surface area contributed by atoms with Gasteiger partial charge in [-0.15, -0.1) is 0 Å². The molecule has 1 amide bonds. The van der Waals surface area contributed by atoms with Gasteiger partial charge < -0.3 is 5.11 Å². The van der Waals surface area contributed by atoms with Crippen molar-refractivity contribution in [2.45, 2.75) is 10.9 Å². The van der Waals surface area contributed by atoms with E-state index >= 15 is 0 Å². The van der Waals surface area contributed by atoms with Gasteiger partial charge in [0.2, 0.25) is 9.84 Å². The quantitative estimate of drug-likeness (QED) is 0.674. The largest absolute Gasteiger partial charge is 0.502 e. The summed E-state index contributed by atoms with van der Waals surface area (Å²) in [7, 11) is -4.28. The van der Waals surface area contributed by atoms with E-state index in [0.29, 0.717) is 0 Å². The molecule has 152 valence electrons. The van der Waals surface area contributed by atoms with Crippen LogP contribution in [0.3, 0.4) is 0 Å². The third kappa shape index (κ3) is 3.25. The van der Waals surface area contributed by atoms with Crippen molar-refractivity contribution in [2.75, 3.05) is 4.90 Å². The van der Waals surface area contributed by atoms with Crippen LogP contribution >= 0.6 is 0 Å². The molecule has 0 radical (unpaired) electrons. The number of benzene rings is 3. The molecule has 4 rings (SSSR count). The van der Waals surface area contributed by atoms with Gasteiger partial charge in [0.1, 0.15) is 22.6 Å². The van der Waals surface area contributed by atoms with Gasteiger partial charge in [-0.3, -0.25) is 9.69 Å². The smallest absolute Gasteiger partial charge is 0.295 e. The summed E-state index contributed by atoms with van der Waals surface area (Å²) in [5.74, 6) is -2.97. The molecular formula is C22H15F2NO4S. The second-order valence-corrected chi connectivity index (χ2v) is 8.55. The second-order valence-electron chi connectivity index (χ2n) is 6.64. The third-order valence-electron chi connectivity index (χ3n) is 4.79. The van der Waals surface area contributed by atoms with Crippen molar-refractivity contribution >= 4 is 21.4 Å². The van der Waals surface area contributed by atoms with E-state index < -0.39 is 44.1 Å². The lowest BCUT2D eigenvalue weighted by atomic mass is 10.1. The van der Waals surface area contributed by atoms with E-state index in [2.05, 4.69) is 0 Å². The van der Waals surface area contributed by atoms with Crippen LogP contribution < -0.4 is 4.90 Å². The summed E-state index contributed by atoms with van der Waals surface area (Å²) in [6.07, 6.45) is 0. The highest BCUT2D eigenvalue weighted by atomic mass is 32.2. The van der Waals surface area contributed by atoms with Crippen LogP contribution in [0.15, 0.2) is 94.4 Å². The number of carbonyl (C=O) groups excluding carboxylic acids is 1. The molecule has 1 atom stereocenters. The van der Waals surface area contributed by atoms with E-state index in [1.54, 1.807) is 6.07 Å². The molecule has 1 N–H and O–H groups in total. The second kappa shape index (κ2) is 7.38. The maximum Gasteiger partial charge on any atom is 0.295 e. The molecule has 0 saturated heterocycles. The van der Waals surface area contributed by atoms with Crippen molar-refractivity contribution in [1.29, 1.82) is 0 Å². The Labute approximate surface area is 171 Å². The highest BCUT2D eigenvalue weighted by Crippen LogP contribution is 2.44. The zero-order valence-corrected chi connectivity index (χ0v) is 16.2. The molecule has 3 aromatic rings. The van der Waals surface area contributed by atoms with Gasteiger partial charge in [-0.2, -0.15) is 0 Å². The standard InChI is InChI=1S/C22H15F2NO4S/c23-15-8-6-14(7-9-15)19-21(30(28,29)18-4-2-1-3-5-18)20(26)22(27)25(19)17-12-10-16(24)11-13-17/h1-13,19,26H/t19-/m1/s1. The van der Waals surface area contributed by atoms with Crippen LogP contribution in [-0.2, 0) is 14.6 Å². The number of halogens is 2. The lowest BCUT2D eigenvalue weighted by molar-refractivity contribution is -0.117. The monoisotopic (exact) mass is 427 g/mol. The van der Waals surface area contributed by atoms with Gasteiger partial charge in [0, 0.05) is 5.69 Å². The Morgan fingerprint density at radius 3 is 1.90 bits per heavy atom. The lowest BCUT2D eigenvalue weighted by Crippen LogP contribution is -2.31. The number of carbonyl (C=O) groups is 1. The SMILES string of the molecule is O=C1C(O)=C(S(=O)(=O)c2ccccc2)[C@@H](c2ccc(F)cc2)N1c1ccc(F)cc1. The fourth-order valence-corrected chi connectivity index (χ4v) is 5.04. The molecule has 0 bridgehead atoms. The molecule has 0 spiro atoms. The van der Waals surface area contributed by atoms with E-state index in [9.17, 15) is 27.1 Å². The van der Waals surface area contributed by atoms with Crippen LogP contribution in [0.2, 0.25) is 0 Å². The first-order valence-electron chi connectivity index (χ1n) is 8.88. The Morgan fingerprint density at radius 1 is 0.800 bits per heavy atom. The molecular weight excluding hydrogens is 412 g/mol. The van der Waals surface area contributed by atoms with Crippen LogP contribution in [0.25, 0.3) is 0 Å². The molecule has 1 heterocycles. The van der Waals surface area contributed by atoms with Crippen molar-refractivity contribution in [3.05, 3.63) is 107 Å². The normalized spacial score (nSPS) is 16.9. The Kier molecular flexibility index (Phi) is 4.87. The number of aliphatic hydroxyl groups is 1. The van der Waals surface area contributed by atoms with Gasteiger partial charge in [0.05, 0.1) is 4.90 Å². The predicted molar refractivity (Wildman–Crippen MR) is 106 cm³/mol. The number of amides is 1. The van der Waals surface area contributed by atoms with Gasteiger partial charge in [0.25, 0.3) is 5.91 Å². The third-order valence-corrected chi connectivity index (χ3v) is 6.68. The van der Waals surface area contributed by atoms with E-state index in [-0.39, 0.29) is 16.1 Å². The summed E-state index contributed by atoms with van der Waals surface area (Å²) in [5.41, 5.74) is 0.452. The predicted octanol–water partition coefficient (Wildman–Crippen LogP) is 4.30. The molecule has 0 unspecified atom stereocenters. The topological polar surface area (TPSA) is 74.7 Å². The molecule has 0 aliphatic carbocycles. The molecule has 0 saturated carbocycles. The van der Waals surface area contributed by atoms with Crippen LogP contribution in [0.5, 0.6) is 0 Å². The van der Waals surface area contributed by atoms with Gasteiger partial charge in [-0.25, -0.2) is 17.2 Å². The number of rotatable bonds is 4. The summed E-state index contributed by atoms with van der Waals surface area (Å²) in [5, 5.41) is 10.6. The fraction of sp³-hybridized carbons (Fsp3) is 0.0455. The fourth-order valence-electron chi connectivity index (χ4n) is 3.40. The van der Waals surface area contributed by atoms with Crippen molar-refractivity contribution in [3.8, 4) is 0 Å². The first-order chi connectivity index (χ1) is 14.3. The summed E-state index contributed by atoms with van der Waals surface area (Å²) in [6, 6.07) is 15.9. The van der Waals surface area contributed by atoms with Crippen LogP contribution in [-0.4, -0.2) is 19.4 Å². The number of nitrogens with zero attached hydrogens (tertiary/aromatic N) is 1. The minimum atomic E-state index is -4.28. The highest BCUT2D eigenvalue weighted by molar-refractivity contribution is 7.95. The molecule has 3 aromatic carbocycles. The van der Waals surface area contributed by atoms with Crippen molar-refractivity contribution in [2.24, 2.45) is 0 Å². The zero-order chi connectivity index (χ0) is 21.5. The van der Waals surface area contributed by atoms with E-state index in [4.69, 9.17) is 0 Å². The maximum absolute atomic E-state index is 13.5. The molecule has 0 fully saturated rings. The number of anilines is 1. The van der Waals surface area contributed by atoms with Crippen LogP contribution in [0.1, 0.15) is 11.6 Å². The van der Waals surface area contributed by atoms with E-state index in [1.165, 1.54) is 48.5 Å². The van der Waals surface area contributed by atoms with Crippen molar-refractivity contribution in [1.82, 2.24) is 0 Å². The van der Waals surface area contributed by atoms with Gasteiger partial charge in [-0.05, 0) is 54.1 Å². The minimum absolute atomic E-state index is 0.104. The number of hydrogen-bond acceptors (Lipinski definition) is 4. The summed E-state index contributed by atoms with van der Waals surface area (Å²) >= 11 is 0. The number of hydrogen-bond donors (Lipinski definition) is 1. The minimum Gasteiger partial charge on any atom is -0.502 e. The lowest BCUT2D eigenvalue weighted by Gasteiger charge is -2.27. The summed E-state index contributed by atoms with van der Waals surface area (Å²) in [4.78, 5) is 13.3. The van der Waals surface area contributed by atoms with Crippen molar-refractivity contribution < 1.29 is 27.1 Å². The molecule has 30 heavy (non-hydrogen) atoms. The van der Waals surface area contributed by atoms with E-state index in [0.717, 1.165) is 29.2 Å². The zero-order valence-electron chi connectivity index (χ0n) is 15.4.